The number of esters is 1. The molecule has 0 aliphatic rings. The predicted molar refractivity (Wildman–Crippen MR) is 121 cm³/mol. The minimum absolute atomic E-state index is 0.242. The third kappa shape index (κ3) is 4.81. The number of ether oxygens (including phenoxy) is 3. The Labute approximate surface area is 188 Å². The molecule has 6 nitrogen and oxygen atoms in total. The highest BCUT2D eigenvalue weighted by atomic mass is 32.1. The summed E-state index contributed by atoms with van der Waals surface area (Å²) in [7, 11) is 0. The summed E-state index contributed by atoms with van der Waals surface area (Å²) >= 11 is 1.40. The Hall–Kier alpha value is -3.65. The highest BCUT2D eigenvalue weighted by molar-refractivity contribution is 7.17. The van der Waals surface area contributed by atoms with Crippen molar-refractivity contribution < 1.29 is 23.4 Å². The monoisotopic (exact) mass is 452 g/mol. The quantitative estimate of drug-likeness (QED) is 0.363. The van der Waals surface area contributed by atoms with Gasteiger partial charge in [-0.1, -0.05) is 18.2 Å². The van der Waals surface area contributed by atoms with Crippen molar-refractivity contribution in [3.05, 3.63) is 82.6 Å². The van der Waals surface area contributed by atoms with Crippen molar-refractivity contribution in [1.29, 1.82) is 0 Å². The number of nitrogens with two attached hydrogens (primary N) is 1. The Morgan fingerprint density at radius 3 is 2.59 bits per heavy atom. The first-order valence-electron chi connectivity index (χ1n) is 9.97. The number of halogens is 1. The van der Waals surface area contributed by atoms with Crippen LogP contribution < -0.4 is 15.2 Å². The van der Waals surface area contributed by atoms with Gasteiger partial charge in [-0.15, -0.1) is 11.3 Å². The molecule has 0 saturated heterocycles. The van der Waals surface area contributed by atoms with Gasteiger partial charge in [0.2, 0.25) is 0 Å². The van der Waals surface area contributed by atoms with Crippen LogP contribution in [0.4, 0.5) is 10.2 Å². The third-order valence-electron chi connectivity index (χ3n) is 4.69. The zero-order valence-electron chi connectivity index (χ0n) is 17.3. The van der Waals surface area contributed by atoms with Crippen molar-refractivity contribution in [1.82, 2.24) is 4.98 Å². The lowest BCUT2D eigenvalue weighted by Crippen LogP contribution is -2.06. The van der Waals surface area contributed by atoms with Crippen LogP contribution in [0, 0.1) is 5.82 Å². The van der Waals surface area contributed by atoms with E-state index in [1.807, 2.05) is 17.5 Å². The Morgan fingerprint density at radius 1 is 1.09 bits per heavy atom. The summed E-state index contributed by atoms with van der Waals surface area (Å²) < 4.78 is 30.9. The van der Waals surface area contributed by atoms with E-state index in [-0.39, 0.29) is 25.6 Å². The average molecular weight is 453 g/mol. The van der Waals surface area contributed by atoms with Crippen molar-refractivity contribution in [3.63, 3.8) is 0 Å². The molecule has 4 aromatic rings. The highest BCUT2D eigenvalue weighted by Gasteiger charge is 2.18. The fourth-order valence-corrected chi connectivity index (χ4v) is 4.26. The van der Waals surface area contributed by atoms with Gasteiger partial charge in [0.15, 0.2) is 0 Å². The van der Waals surface area contributed by atoms with E-state index in [2.05, 4.69) is 4.98 Å². The van der Waals surface area contributed by atoms with E-state index in [1.54, 1.807) is 31.2 Å². The maximum atomic E-state index is 13.3. The number of carbonyl (C=O) groups excluding carboxylic acids is 1. The SMILES string of the molecule is CCOC(=O)c1cnc(N)c2c(COc3cccc(OCc4cccc(F)c4)c3)csc12. The van der Waals surface area contributed by atoms with Gasteiger partial charge in [0.1, 0.15) is 36.3 Å². The van der Waals surface area contributed by atoms with E-state index in [1.165, 1.54) is 29.7 Å². The number of fused-ring (bicyclic) bond motifs is 1. The molecule has 0 aliphatic heterocycles. The van der Waals surface area contributed by atoms with Crippen LogP contribution >= 0.6 is 11.3 Å². The summed E-state index contributed by atoms with van der Waals surface area (Å²) in [5.74, 6) is 0.815. The van der Waals surface area contributed by atoms with Crippen molar-refractivity contribution in [3.8, 4) is 11.5 Å². The third-order valence-corrected chi connectivity index (χ3v) is 5.75. The highest BCUT2D eigenvalue weighted by Crippen LogP contribution is 2.33. The molecule has 32 heavy (non-hydrogen) atoms. The Morgan fingerprint density at radius 2 is 1.84 bits per heavy atom. The molecule has 0 fully saturated rings. The van der Waals surface area contributed by atoms with Crippen LogP contribution in [-0.4, -0.2) is 17.6 Å². The molecule has 0 bridgehead atoms. The molecule has 4 rings (SSSR count). The molecule has 164 valence electrons. The van der Waals surface area contributed by atoms with E-state index in [4.69, 9.17) is 19.9 Å². The molecule has 0 saturated carbocycles. The summed E-state index contributed by atoms with van der Waals surface area (Å²) in [6.07, 6.45) is 1.44. The Kier molecular flexibility index (Phi) is 6.51. The van der Waals surface area contributed by atoms with Gasteiger partial charge in [0, 0.05) is 23.2 Å². The van der Waals surface area contributed by atoms with Gasteiger partial charge in [-0.2, -0.15) is 0 Å². The number of aromatic nitrogens is 1. The van der Waals surface area contributed by atoms with Gasteiger partial charge in [0.05, 0.1) is 16.9 Å². The van der Waals surface area contributed by atoms with Gasteiger partial charge in [-0.25, -0.2) is 14.2 Å². The molecule has 0 amide bonds. The van der Waals surface area contributed by atoms with Gasteiger partial charge < -0.3 is 19.9 Å². The van der Waals surface area contributed by atoms with Crippen molar-refractivity contribution >= 4 is 33.2 Å². The molecule has 0 unspecified atom stereocenters. The first-order valence-corrected chi connectivity index (χ1v) is 10.8. The average Bonchev–Trinajstić information content (AvgIpc) is 3.22. The lowest BCUT2D eigenvalue weighted by molar-refractivity contribution is 0.0528. The number of hydrogen-bond acceptors (Lipinski definition) is 7. The topological polar surface area (TPSA) is 83.7 Å². The number of carbonyl (C=O) groups is 1. The van der Waals surface area contributed by atoms with Crippen molar-refractivity contribution in [2.75, 3.05) is 12.3 Å². The maximum absolute atomic E-state index is 13.3. The fourth-order valence-electron chi connectivity index (χ4n) is 3.20. The van der Waals surface area contributed by atoms with E-state index in [0.717, 1.165) is 15.8 Å². The number of anilines is 1. The first kappa shape index (κ1) is 21.6. The van der Waals surface area contributed by atoms with Crippen LogP contribution in [-0.2, 0) is 18.0 Å². The summed E-state index contributed by atoms with van der Waals surface area (Å²) in [5, 5.41) is 2.59. The summed E-state index contributed by atoms with van der Waals surface area (Å²) in [4.78, 5) is 16.4. The molecule has 0 spiro atoms. The smallest absolute Gasteiger partial charge is 0.341 e. The summed E-state index contributed by atoms with van der Waals surface area (Å²) in [6, 6.07) is 13.5. The minimum Gasteiger partial charge on any atom is -0.489 e. The molecule has 8 heteroatoms. The summed E-state index contributed by atoms with van der Waals surface area (Å²) in [6.45, 7) is 2.52. The van der Waals surface area contributed by atoms with Crippen LogP contribution in [0.2, 0.25) is 0 Å². The fraction of sp³-hybridized carbons (Fsp3) is 0.167. The number of nitrogens with zero attached hydrogens (tertiary/aromatic N) is 1. The lowest BCUT2D eigenvalue weighted by Gasteiger charge is -2.10. The van der Waals surface area contributed by atoms with E-state index in [9.17, 15) is 9.18 Å². The van der Waals surface area contributed by atoms with Crippen LogP contribution in [0.1, 0.15) is 28.4 Å². The number of hydrogen-bond donors (Lipinski definition) is 1. The second kappa shape index (κ2) is 9.65. The van der Waals surface area contributed by atoms with Gasteiger partial charge in [-0.05, 0) is 42.1 Å². The number of rotatable bonds is 8. The van der Waals surface area contributed by atoms with Crippen LogP contribution in [0.25, 0.3) is 10.1 Å². The number of thiophene rings is 1. The molecule has 2 aromatic heterocycles. The van der Waals surface area contributed by atoms with Crippen LogP contribution in [0.3, 0.4) is 0 Å². The minimum atomic E-state index is -0.428. The van der Waals surface area contributed by atoms with E-state index < -0.39 is 5.97 Å². The molecule has 2 heterocycles. The molecular formula is C24H21FN2O4S. The first-order chi connectivity index (χ1) is 15.5. The van der Waals surface area contributed by atoms with Crippen LogP contribution in [0.15, 0.2) is 60.1 Å². The molecular weight excluding hydrogens is 431 g/mol. The lowest BCUT2D eigenvalue weighted by atomic mass is 10.1. The second-order valence-corrected chi connectivity index (χ2v) is 7.80. The summed E-state index contributed by atoms with van der Waals surface area (Å²) in [5.41, 5.74) is 8.04. The Balaban J connectivity index is 1.47. The van der Waals surface area contributed by atoms with Crippen LogP contribution in [0.5, 0.6) is 11.5 Å². The van der Waals surface area contributed by atoms with Gasteiger partial charge in [-0.3, -0.25) is 0 Å². The standard InChI is InChI=1S/C24H21FN2O4S/c1-2-29-24(28)20-11-27-23(26)21-16(14-32-22(20)21)13-31-19-8-4-7-18(10-19)30-12-15-5-3-6-17(25)9-15/h3-11,14H,2,12-13H2,1H3,(H2,26,27). The largest absolute Gasteiger partial charge is 0.489 e. The number of benzene rings is 2. The van der Waals surface area contributed by atoms with Gasteiger partial charge in [0.25, 0.3) is 0 Å². The Bertz CT molecular complexity index is 1260. The normalized spacial score (nSPS) is 10.8. The predicted octanol–water partition coefficient (Wildman–Crippen LogP) is 5.35. The molecule has 0 atom stereocenters. The zero-order valence-corrected chi connectivity index (χ0v) is 18.2. The number of pyridine rings is 1. The molecule has 0 radical (unpaired) electrons. The van der Waals surface area contributed by atoms with Gasteiger partial charge >= 0.3 is 5.97 Å². The van der Waals surface area contributed by atoms with E-state index >= 15 is 0 Å². The second-order valence-electron chi connectivity index (χ2n) is 6.92. The molecule has 2 aromatic carbocycles. The van der Waals surface area contributed by atoms with Crippen molar-refractivity contribution in [2.45, 2.75) is 20.1 Å². The zero-order chi connectivity index (χ0) is 22.5. The van der Waals surface area contributed by atoms with E-state index in [0.29, 0.717) is 28.3 Å². The van der Waals surface area contributed by atoms with Crippen molar-refractivity contribution in [2.24, 2.45) is 0 Å². The number of nitrogen functional groups attached to an aromatic ring is 1. The molecule has 2 N–H and O–H groups in total. The maximum Gasteiger partial charge on any atom is 0.341 e. The molecule has 0 aliphatic carbocycles.